The molecule has 0 aliphatic carbocycles. The summed E-state index contributed by atoms with van der Waals surface area (Å²) in [6.07, 6.45) is 5.80. The minimum Gasteiger partial charge on any atom is -0.508 e. The van der Waals surface area contributed by atoms with E-state index in [0.29, 0.717) is 18.7 Å². The number of phenols is 1. The summed E-state index contributed by atoms with van der Waals surface area (Å²) in [6, 6.07) is 15.0. The first-order valence-corrected chi connectivity index (χ1v) is 11.2. The molecule has 0 unspecified atom stereocenters. The molecule has 1 saturated heterocycles. The van der Waals surface area contributed by atoms with Gasteiger partial charge >= 0.3 is 0 Å². The Morgan fingerprint density at radius 1 is 1.12 bits per heavy atom. The minimum atomic E-state index is -0.312. The maximum atomic E-state index is 13.4. The molecule has 2 aromatic carbocycles. The van der Waals surface area contributed by atoms with E-state index in [-0.39, 0.29) is 22.8 Å². The summed E-state index contributed by atoms with van der Waals surface area (Å²) in [5, 5.41) is 14.0. The zero-order valence-corrected chi connectivity index (χ0v) is 17.8. The fourth-order valence-corrected chi connectivity index (χ4v) is 5.00. The third kappa shape index (κ3) is 4.01. The molecule has 4 aromatic rings. The maximum absolute atomic E-state index is 13.4. The van der Waals surface area contributed by atoms with Crippen LogP contribution in [0.1, 0.15) is 16.5 Å². The van der Waals surface area contributed by atoms with Crippen LogP contribution in [0.3, 0.4) is 0 Å². The van der Waals surface area contributed by atoms with Gasteiger partial charge in [-0.2, -0.15) is 5.10 Å². The van der Waals surface area contributed by atoms with E-state index >= 15 is 0 Å². The topological polar surface area (TPSA) is 71.5 Å². The van der Waals surface area contributed by atoms with Crippen molar-refractivity contribution in [3.8, 4) is 22.7 Å². The van der Waals surface area contributed by atoms with E-state index in [0.717, 1.165) is 28.1 Å². The van der Waals surface area contributed by atoms with Crippen LogP contribution in [0.15, 0.2) is 77.7 Å². The van der Waals surface area contributed by atoms with Crippen LogP contribution in [0.4, 0.5) is 4.39 Å². The number of carbonyl (C=O) groups is 1. The fraction of sp³-hybridized carbons (Fsp3) is 0.167. The number of amides is 1. The van der Waals surface area contributed by atoms with Gasteiger partial charge < -0.3 is 14.4 Å². The van der Waals surface area contributed by atoms with Crippen molar-refractivity contribution < 1.29 is 18.7 Å². The van der Waals surface area contributed by atoms with Gasteiger partial charge in [0.25, 0.3) is 0 Å². The summed E-state index contributed by atoms with van der Waals surface area (Å²) in [5.74, 6) is 0.379. The number of aromatic hydroxyl groups is 1. The number of hydrogen-bond donors (Lipinski definition) is 1. The summed E-state index contributed by atoms with van der Waals surface area (Å²) in [6.45, 7) is 0.549. The van der Waals surface area contributed by atoms with Crippen LogP contribution in [0, 0.1) is 5.82 Å². The molecular weight excluding hydrogens is 429 g/mol. The van der Waals surface area contributed by atoms with Crippen molar-refractivity contribution in [1.82, 2.24) is 14.7 Å². The highest BCUT2D eigenvalue weighted by Gasteiger charge is 2.35. The second kappa shape index (κ2) is 8.55. The molecule has 32 heavy (non-hydrogen) atoms. The van der Waals surface area contributed by atoms with Gasteiger partial charge in [0.15, 0.2) is 0 Å². The van der Waals surface area contributed by atoms with Gasteiger partial charge in [-0.05, 0) is 54.4 Å². The van der Waals surface area contributed by atoms with Crippen molar-refractivity contribution in [2.75, 3.05) is 12.3 Å². The monoisotopic (exact) mass is 449 g/mol. The Kier molecular flexibility index (Phi) is 5.45. The van der Waals surface area contributed by atoms with Gasteiger partial charge in [0.05, 0.1) is 24.0 Å². The SMILES string of the molecule is O=C1CS[C@H](c2cn(-c3ccc(F)cc3)nc2-c2ccoc2)N1CCc1ccc(O)cc1. The van der Waals surface area contributed by atoms with E-state index in [4.69, 9.17) is 9.52 Å². The standard InChI is InChI=1S/C24H20FN3O3S/c25-18-3-5-19(6-4-18)28-13-21(23(26-28)17-10-12-31-14-17)24-27(22(30)15-32-24)11-9-16-1-7-20(29)8-2-16/h1-8,10,12-14,24,29H,9,11,15H2/t24-/m1/s1. The molecule has 2 aromatic heterocycles. The molecule has 162 valence electrons. The van der Waals surface area contributed by atoms with Crippen molar-refractivity contribution in [1.29, 1.82) is 0 Å². The van der Waals surface area contributed by atoms with Crippen LogP contribution in [0.5, 0.6) is 5.75 Å². The highest BCUT2D eigenvalue weighted by molar-refractivity contribution is 8.00. The number of nitrogens with zero attached hydrogens (tertiary/aromatic N) is 3. The molecule has 0 spiro atoms. The molecular formula is C24H20FN3O3S. The van der Waals surface area contributed by atoms with E-state index in [1.54, 1.807) is 53.2 Å². The Morgan fingerprint density at radius 3 is 2.62 bits per heavy atom. The predicted octanol–water partition coefficient (Wildman–Crippen LogP) is 4.79. The normalized spacial score (nSPS) is 16.1. The Labute approximate surface area is 188 Å². The molecule has 1 fully saturated rings. The Bertz CT molecular complexity index is 1220. The van der Waals surface area contributed by atoms with E-state index < -0.39 is 0 Å². The number of furan rings is 1. The van der Waals surface area contributed by atoms with Gasteiger partial charge in [-0.1, -0.05) is 12.1 Å². The van der Waals surface area contributed by atoms with Crippen LogP contribution in [-0.4, -0.2) is 38.0 Å². The van der Waals surface area contributed by atoms with E-state index in [1.807, 2.05) is 29.3 Å². The smallest absolute Gasteiger partial charge is 0.233 e. The molecule has 6 nitrogen and oxygen atoms in total. The summed E-state index contributed by atoms with van der Waals surface area (Å²) in [7, 11) is 0. The fourth-order valence-electron chi connectivity index (χ4n) is 3.78. The molecule has 1 atom stereocenters. The summed E-state index contributed by atoms with van der Waals surface area (Å²) < 4.78 is 20.4. The number of rotatable bonds is 6. The molecule has 1 aliphatic rings. The Morgan fingerprint density at radius 2 is 1.91 bits per heavy atom. The predicted molar refractivity (Wildman–Crippen MR) is 120 cm³/mol. The lowest BCUT2D eigenvalue weighted by Crippen LogP contribution is -2.30. The van der Waals surface area contributed by atoms with Crippen LogP contribution in [0.2, 0.25) is 0 Å². The lowest BCUT2D eigenvalue weighted by Gasteiger charge is -2.24. The van der Waals surface area contributed by atoms with E-state index in [1.165, 1.54) is 12.1 Å². The van der Waals surface area contributed by atoms with Crippen LogP contribution in [-0.2, 0) is 11.2 Å². The highest BCUT2D eigenvalue weighted by atomic mass is 32.2. The van der Waals surface area contributed by atoms with E-state index in [9.17, 15) is 14.3 Å². The zero-order chi connectivity index (χ0) is 22.1. The number of halogens is 1. The molecule has 1 N–H and O–H groups in total. The number of phenolic OH excluding ortho intramolecular Hbond substituents is 1. The maximum Gasteiger partial charge on any atom is 0.233 e. The third-order valence-electron chi connectivity index (χ3n) is 5.44. The van der Waals surface area contributed by atoms with Gasteiger partial charge in [-0.15, -0.1) is 11.8 Å². The van der Waals surface area contributed by atoms with Gasteiger partial charge in [0, 0.05) is 23.9 Å². The third-order valence-corrected chi connectivity index (χ3v) is 6.68. The number of benzene rings is 2. The number of hydrogen-bond acceptors (Lipinski definition) is 5. The van der Waals surface area contributed by atoms with Crippen molar-refractivity contribution in [3.63, 3.8) is 0 Å². The van der Waals surface area contributed by atoms with E-state index in [2.05, 4.69) is 0 Å². The lowest BCUT2D eigenvalue weighted by atomic mass is 10.1. The lowest BCUT2D eigenvalue weighted by molar-refractivity contribution is -0.128. The largest absolute Gasteiger partial charge is 0.508 e. The first-order valence-electron chi connectivity index (χ1n) is 10.2. The Hall–Kier alpha value is -3.52. The molecule has 1 aliphatic heterocycles. The van der Waals surface area contributed by atoms with Crippen molar-refractivity contribution in [3.05, 3.63) is 90.3 Å². The van der Waals surface area contributed by atoms with Gasteiger partial charge in [-0.3, -0.25) is 4.79 Å². The highest BCUT2D eigenvalue weighted by Crippen LogP contribution is 2.42. The summed E-state index contributed by atoms with van der Waals surface area (Å²) >= 11 is 1.56. The zero-order valence-electron chi connectivity index (χ0n) is 17.0. The molecule has 0 bridgehead atoms. The van der Waals surface area contributed by atoms with Gasteiger partial charge in [0.1, 0.15) is 22.6 Å². The second-order valence-corrected chi connectivity index (χ2v) is 8.60. The summed E-state index contributed by atoms with van der Waals surface area (Å²) in [4.78, 5) is 14.6. The molecule has 3 heterocycles. The van der Waals surface area contributed by atoms with Crippen LogP contribution < -0.4 is 0 Å². The van der Waals surface area contributed by atoms with Crippen molar-refractivity contribution >= 4 is 17.7 Å². The molecule has 1 amide bonds. The average molecular weight is 450 g/mol. The first kappa shape index (κ1) is 20.4. The molecule has 8 heteroatoms. The molecule has 0 radical (unpaired) electrons. The average Bonchev–Trinajstić information content (AvgIpc) is 3.53. The Balaban J connectivity index is 1.48. The minimum absolute atomic E-state index is 0.0754. The molecule has 5 rings (SSSR count). The van der Waals surface area contributed by atoms with Crippen LogP contribution in [0.25, 0.3) is 16.9 Å². The van der Waals surface area contributed by atoms with Gasteiger partial charge in [0.2, 0.25) is 5.91 Å². The second-order valence-electron chi connectivity index (χ2n) is 7.53. The first-order chi connectivity index (χ1) is 15.6. The number of thioether (sulfide) groups is 1. The van der Waals surface area contributed by atoms with Crippen molar-refractivity contribution in [2.24, 2.45) is 0 Å². The number of aromatic nitrogens is 2. The summed E-state index contributed by atoms with van der Waals surface area (Å²) in [5.41, 5.74) is 4.22. The quantitative estimate of drug-likeness (QED) is 0.458. The molecule has 0 saturated carbocycles. The van der Waals surface area contributed by atoms with Crippen molar-refractivity contribution in [2.45, 2.75) is 11.8 Å². The number of carbonyl (C=O) groups excluding carboxylic acids is 1. The van der Waals surface area contributed by atoms with Crippen LogP contribution >= 0.6 is 11.8 Å². The van der Waals surface area contributed by atoms with Gasteiger partial charge in [-0.25, -0.2) is 9.07 Å².